The zero-order valence-electron chi connectivity index (χ0n) is 14.6. The molecule has 3 aliphatic rings. The van der Waals surface area contributed by atoms with Crippen molar-refractivity contribution in [2.75, 3.05) is 49.1 Å². The van der Waals surface area contributed by atoms with Gasteiger partial charge in [0.15, 0.2) is 11.6 Å². The number of fused-ring (bicyclic) bond motifs is 2. The summed E-state index contributed by atoms with van der Waals surface area (Å²) in [6, 6.07) is 0.652. The minimum Gasteiger partial charge on any atom is -0.353 e. The van der Waals surface area contributed by atoms with Crippen LogP contribution in [0.25, 0.3) is 11.3 Å². The molecule has 0 N–H and O–H groups in total. The van der Waals surface area contributed by atoms with Gasteiger partial charge in [-0.15, -0.1) is 0 Å². The van der Waals surface area contributed by atoms with E-state index in [0.717, 1.165) is 44.4 Å². The number of nitrogens with zero attached hydrogens (tertiary/aromatic N) is 7. The van der Waals surface area contributed by atoms with Gasteiger partial charge in [0.25, 0.3) is 0 Å². The Hall–Kier alpha value is -1.96. The molecule has 0 bridgehead atoms. The number of hydrogen-bond donors (Lipinski definition) is 0. The van der Waals surface area contributed by atoms with E-state index < -0.39 is 0 Å². The molecule has 3 fully saturated rings. The van der Waals surface area contributed by atoms with Crippen LogP contribution in [0.4, 0.5) is 11.6 Å². The van der Waals surface area contributed by atoms with Crippen molar-refractivity contribution in [2.45, 2.75) is 44.6 Å². The zero-order chi connectivity index (χ0) is 16.6. The summed E-state index contributed by atoms with van der Waals surface area (Å²) in [4.78, 5) is 17.0. The molecule has 8 nitrogen and oxygen atoms in total. The lowest BCUT2D eigenvalue weighted by Gasteiger charge is -2.39. The van der Waals surface area contributed by atoms with Gasteiger partial charge in [0.05, 0.1) is 0 Å². The third-order valence-corrected chi connectivity index (χ3v) is 5.87. The molecule has 3 saturated heterocycles. The lowest BCUT2D eigenvalue weighted by Crippen LogP contribution is -2.50. The van der Waals surface area contributed by atoms with Crippen molar-refractivity contribution in [3.63, 3.8) is 0 Å². The SMILES string of the molecule is C1CCCN(c2nc3nonc3nc2N2CCN3CCCC3C2)CC1. The Morgan fingerprint density at radius 3 is 2.20 bits per heavy atom. The third kappa shape index (κ3) is 2.82. The van der Waals surface area contributed by atoms with Crippen molar-refractivity contribution >= 4 is 22.9 Å². The zero-order valence-corrected chi connectivity index (χ0v) is 14.6. The molecule has 5 rings (SSSR count). The molecule has 1 unspecified atom stereocenters. The molecule has 5 heterocycles. The molecule has 134 valence electrons. The van der Waals surface area contributed by atoms with E-state index in [9.17, 15) is 0 Å². The first-order valence-corrected chi connectivity index (χ1v) is 9.63. The van der Waals surface area contributed by atoms with Gasteiger partial charge >= 0.3 is 0 Å². The predicted octanol–water partition coefficient (Wildman–Crippen LogP) is 1.68. The summed E-state index contributed by atoms with van der Waals surface area (Å²) in [5.74, 6) is 1.94. The second kappa shape index (κ2) is 6.40. The Labute approximate surface area is 147 Å². The Morgan fingerprint density at radius 2 is 1.44 bits per heavy atom. The van der Waals surface area contributed by atoms with Crippen molar-refractivity contribution in [1.82, 2.24) is 25.2 Å². The van der Waals surface area contributed by atoms with Gasteiger partial charge in [0.2, 0.25) is 11.3 Å². The first-order chi connectivity index (χ1) is 12.4. The molecule has 25 heavy (non-hydrogen) atoms. The summed E-state index contributed by atoms with van der Waals surface area (Å²) >= 11 is 0. The highest BCUT2D eigenvalue weighted by atomic mass is 16.6. The quantitative estimate of drug-likeness (QED) is 0.815. The lowest BCUT2D eigenvalue weighted by molar-refractivity contribution is 0.230. The first kappa shape index (κ1) is 15.3. The van der Waals surface area contributed by atoms with Gasteiger partial charge in [0, 0.05) is 38.8 Å². The van der Waals surface area contributed by atoms with Gasteiger partial charge in [-0.3, -0.25) is 4.90 Å². The summed E-state index contributed by atoms with van der Waals surface area (Å²) < 4.78 is 4.87. The largest absolute Gasteiger partial charge is 0.353 e. The third-order valence-electron chi connectivity index (χ3n) is 5.87. The van der Waals surface area contributed by atoms with E-state index >= 15 is 0 Å². The van der Waals surface area contributed by atoms with Gasteiger partial charge in [0.1, 0.15) is 0 Å². The molecule has 0 saturated carbocycles. The highest BCUT2D eigenvalue weighted by Gasteiger charge is 2.33. The molecule has 8 heteroatoms. The normalized spacial score (nSPS) is 25.4. The van der Waals surface area contributed by atoms with Gasteiger partial charge in [-0.05, 0) is 42.5 Å². The Balaban J connectivity index is 1.52. The van der Waals surface area contributed by atoms with Gasteiger partial charge in [-0.25, -0.2) is 14.6 Å². The van der Waals surface area contributed by atoms with E-state index in [1.165, 1.54) is 45.1 Å². The van der Waals surface area contributed by atoms with Crippen LogP contribution in [-0.2, 0) is 0 Å². The Kier molecular flexibility index (Phi) is 3.92. The van der Waals surface area contributed by atoms with Gasteiger partial charge in [-0.1, -0.05) is 12.8 Å². The minimum atomic E-state index is 0.516. The number of anilines is 2. The minimum absolute atomic E-state index is 0.516. The van der Waals surface area contributed by atoms with Crippen molar-refractivity contribution in [3.8, 4) is 0 Å². The molecular formula is C17H25N7O. The second-order valence-corrected chi connectivity index (χ2v) is 7.46. The summed E-state index contributed by atoms with van der Waals surface area (Å²) in [6.45, 7) is 6.48. The highest BCUT2D eigenvalue weighted by Crippen LogP contribution is 2.32. The van der Waals surface area contributed by atoms with Crippen LogP contribution in [0.2, 0.25) is 0 Å². The van der Waals surface area contributed by atoms with Crippen LogP contribution in [0.5, 0.6) is 0 Å². The van der Waals surface area contributed by atoms with E-state index in [0.29, 0.717) is 17.3 Å². The monoisotopic (exact) mass is 343 g/mol. The predicted molar refractivity (Wildman–Crippen MR) is 94.9 cm³/mol. The maximum Gasteiger partial charge on any atom is 0.245 e. The van der Waals surface area contributed by atoms with E-state index in [2.05, 4.69) is 25.0 Å². The summed E-state index contributed by atoms with van der Waals surface area (Å²) in [6.07, 6.45) is 7.63. The van der Waals surface area contributed by atoms with Crippen LogP contribution >= 0.6 is 0 Å². The van der Waals surface area contributed by atoms with E-state index in [1.807, 2.05) is 0 Å². The number of hydrogen-bond acceptors (Lipinski definition) is 8. The van der Waals surface area contributed by atoms with E-state index in [-0.39, 0.29) is 0 Å². The van der Waals surface area contributed by atoms with Gasteiger partial charge < -0.3 is 9.80 Å². The summed E-state index contributed by atoms with van der Waals surface area (Å²) in [7, 11) is 0. The maximum atomic E-state index is 4.87. The number of rotatable bonds is 2. The van der Waals surface area contributed by atoms with Crippen LogP contribution in [-0.4, -0.2) is 70.5 Å². The molecule has 0 aromatic carbocycles. The molecule has 3 aliphatic heterocycles. The average molecular weight is 343 g/mol. The van der Waals surface area contributed by atoms with E-state index in [4.69, 9.17) is 14.6 Å². The van der Waals surface area contributed by atoms with Crippen LogP contribution in [0.1, 0.15) is 38.5 Å². The van der Waals surface area contributed by atoms with Crippen molar-refractivity contribution in [1.29, 1.82) is 0 Å². The molecular weight excluding hydrogens is 318 g/mol. The lowest BCUT2D eigenvalue weighted by atomic mass is 10.1. The van der Waals surface area contributed by atoms with Crippen molar-refractivity contribution in [2.24, 2.45) is 0 Å². The van der Waals surface area contributed by atoms with Crippen LogP contribution in [0.3, 0.4) is 0 Å². The number of piperazine rings is 1. The fraction of sp³-hybridized carbons (Fsp3) is 0.765. The van der Waals surface area contributed by atoms with E-state index in [1.54, 1.807) is 0 Å². The molecule has 1 atom stereocenters. The Morgan fingerprint density at radius 1 is 0.720 bits per heavy atom. The number of aromatic nitrogens is 4. The summed E-state index contributed by atoms with van der Waals surface area (Å²) in [5, 5.41) is 7.85. The maximum absolute atomic E-state index is 4.87. The van der Waals surface area contributed by atoms with Crippen LogP contribution < -0.4 is 9.80 Å². The second-order valence-electron chi connectivity index (χ2n) is 7.46. The smallest absolute Gasteiger partial charge is 0.245 e. The molecule has 2 aromatic rings. The molecule has 0 amide bonds. The summed E-state index contributed by atoms with van der Waals surface area (Å²) in [5.41, 5.74) is 1.03. The molecule has 0 aliphatic carbocycles. The van der Waals surface area contributed by atoms with Crippen molar-refractivity contribution in [3.05, 3.63) is 0 Å². The van der Waals surface area contributed by atoms with Crippen LogP contribution in [0, 0.1) is 0 Å². The van der Waals surface area contributed by atoms with Crippen LogP contribution in [0.15, 0.2) is 4.63 Å². The topological polar surface area (TPSA) is 74.4 Å². The Bertz CT molecular complexity index is 740. The fourth-order valence-electron chi connectivity index (χ4n) is 4.51. The molecule has 0 radical (unpaired) electrons. The van der Waals surface area contributed by atoms with Crippen molar-refractivity contribution < 1.29 is 4.63 Å². The molecule has 2 aromatic heterocycles. The fourth-order valence-corrected chi connectivity index (χ4v) is 4.51. The van der Waals surface area contributed by atoms with Gasteiger partial charge in [-0.2, -0.15) is 0 Å². The molecule has 0 spiro atoms. The highest BCUT2D eigenvalue weighted by molar-refractivity contribution is 5.74. The standard InChI is InChI=1S/C17H25N7O/c1-2-4-8-23(7-3-1)16-17(19-15-14(18-16)20-25-21-15)24-11-10-22-9-5-6-13(22)12-24/h13H,1-12H2. The first-order valence-electron chi connectivity index (χ1n) is 9.63. The average Bonchev–Trinajstić information content (AvgIpc) is 3.21.